The molecule has 7 nitrogen and oxygen atoms in total. The Morgan fingerprint density at radius 1 is 1.17 bits per heavy atom. The highest BCUT2D eigenvalue weighted by atomic mass is 32.2. The lowest BCUT2D eigenvalue weighted by atomic mass is 10.3. The molecule has 23 heavy (non-hydrogen) atoms. The van der Waals surface area contributed by atoms with Crippen molar-refractivity contribution in [2.45, 2.75) is 25.3 Å². The van der Waals surface area contributed by atoms with Gasteiger partial charge in [-0.25, -0.2) is 13.4 Å². The van der Waals surface area contributed by atoms with Crippen LogP contribution in [0.3, 0.4) is 0 Å². The number of nitrogens with zero attached hydrogens (tertiary/aromatic N) is 5. The van der Waals surface area contributed by atoms with Gasteiger partial charge in [0.2, 0.25) is 10.0 Å². The number of hydrogen-bond acceptors (Lipinski definition) is 5. The van der Waals surface area contributed by atoms with Crippen molar-refractivity contribution in [1.29, 1.82) is 0 Å². The summed E-state index contributed by atoms with van der Waals surface area (Å²) in [6.45, 7) is 6.59. The van der Waals surface area contributed by atoms with Gasteiger partial charge in [-0.2, -0.15) is 9.40 Å². The van der Waals surface area contributed by atoms with Crippen molar-refractivity contribution in [2.75, 3.05) is 31.1 Å². The van der Waals surface area contributed by atoms with E-state index in [0.717, 1.165) is 5.82 Å². The molecule has 0 atom stereocenters. The van der Waals surface area contributed by atoms with Crippen LogP contribution in [0, 0.1) is 6.92 Å². The van der Waals surface area contributed by atoms with Gasteiger partial charge >= 0.3 is 0 Å². The van der Waals surface area contributed by atoms with E-state index < -0.39 is 10.0 Å². The molecule has 1 aliphatic rings. The lowest BCUT2D eigenvalue weighted by Crippen LogP contribution is -2.49. The van der Waals surface area contributed by atoms with Crippen LogP contribution in [0.4, 0.5) is 5.82 Å². The molecule has 0 saturated carbocycles. The summed E-state index contributed by atoms with van der Waals surface area (Å²) in [4.78, 5) is 6.74. The molecular formula is C15H21N5O2S. The fraction of sp³-hybridized carbons (Fsp3) is 0.467. The Labute approximate surface area is 136 Å². The summed E-state index contributed by atoms with van der Waals surface area (Å²) >= 11 is 0. The van der Waals surface area contributed by atoms with Gasteiger partial charge < -0.3 is 4.90 Å². The van der Waals surface area contributed by atoms with Gasteiger partial charge in [-0.05, 0) is 26.0 Å². The Morgan fingerprint density at radius 3 is 2.48 bits per heavy atom. The number of hydrogen-bond donors (Lipinski definition) is 0. The van der Waals surface area contributed by atoms with Gasteiger partial charge in [0.25, 0.3) is 0 Å². The highest BCUT2D eigenvalue weighted by Crippen LogP contribution is 2.22. The zero-order valence-electron chi connectivity index (χ0n) is 13.4. The molecule has 124 valence electrons. The fourth-order valence-corrected chi connectivity index (χ4v) is 4.42. The normalized spacial score (nSPS) is 16.7. The maximum absolute atomic E-state index is 12.8. The number of piperazine rings is 1. The second-order valence-corrected chi connectivity index (χ2v) is 7.40. The summed E-state index contributed by atoms with van der Waals surface area (Å²) < 4.78 is 28.9. The molecular weight excluding hydrogens is 314 g/mol. The van der Waals surface area contributed by atoms with E-state index in [1.165, 1.54) is 10.5 Å². The Kier molecular flexibility index (Phi) is 4.36. The monoisotopic (exact) mass is 335 g/mol. The molecule has 0 radical (unpaired) electrons. The summed E-state index contributed by atoms with van der Waals surface area (Å²) in [5, 5.41) is 4.15. The average Bonchev–Trinajstić information content (AvgIpc) is 2.97. The Hall–Kier alpha value is -1.93. The van der Waals surface area contributed by atoms with Crippen molar-refractivity contribution in [1.82, 2.24) is 19.1 Å². The second-order valence-electron chi connectivity index (χ2n) is 5.49. The van der Waals surface area contributed by atoms with Crippen LogP contribution in [-0.2, 0) is 16.6 Å². The quantitative estimate of drug-likeness (QED) is 0.837. The summed E-state index contributed by atoms with van der Waals surface area (Å²) in [6.07, 6.45) is 3.21. The second kappa shape index (κ2) is 6.29. The molecule has 3 heterocycles. The molecule has 0 bridgehead atoms. The smallest absolute Gasteiger partial charge is 0.246 e. The predicted molar refractivity (Wildman–Crippen MR) is 87.8 cm³/mol. The van der Waals surface area contributed by atoms with E-state index in [-0.39, 0.29) is 0 Å². The van der Waals surface area contributed by atoms with Crippen molar-refractivity contribution >= 4 is 15.8 Å². The van der Waals surface area contributed by atoms with Gasteiger partial charge in [0, 0.05) is 38.9 Å². The Bertz CT molecular complexity index is 764. The SMILES string of the molecule is CCn1ncc(S(=O)(=O)N2CCN(c3ccccn3)CC2)c1C. The zero-order chi connectivity index (χ0) is 16.4. The van der Waals surface area contributed by atoms with Crippen LogP contribution in [-0.4, -0.2) is 53.7 Å². The summed E-state index contributed by atoms with van der Waals surface area (Å²) in [5.74, 6) is 0.888. The molecule has 0 aliphatic carbocycles. The van der Waals surface area contributed by atoms with Crippen LogP contribution in [0.2, 0.25) is 0 Å². The molecule has 1 fully saturated rings. The van der Waals surface area contributed by atoms with Gasteiger partial charge in [-0.3, -0.25) is 4.68 Å². The number of rotatable bonds is 4. The first-order chi connectivity index (χ1) is 11.0. The maximum atomic E-state index is 12.8. The average molecular weight is 335 g/mol. The van der Waals surface area contributed by atoms with E-state index in [9.17, 15) is 8.42 Å². The van der Waals surface area contributed by atoms with E-state index in [0.29, 0.717) is 43.3 Å². The molecule has 0 spiro atoms. The largest absolute Gasteiger partial charge is 0.354 e. The Morgan fingerprint density at radius 2 is 1.91 bits per heavy atom. The number of aromatic nitrogens is 3. The fourth-order valence-electron chi connectivity index (χ4n) is 2.84. The van der Waals surface area contributed by atoms with Gasteiger partial charge in [0.1, 0.15) is 10.7 Å². The summed E-state index contributed by atoms with van der Waals surface area (Å²) in [7, 11) is -3.48. The van der Waals surface area contributed by atoms with Crippen LogP contribution in [0.1, 0.15) is 12.6 Å². The summed E-state index contributed by atoms with van der Waals surface area (Å²) in [5.41, 5.74) is 0.694. The predicted octanol–water partition coefficient (Wildman–Crippen LogP) is 1.12. The standard InChI is InChI=1S/C15H21N5O2S/c1-3-20-13(2)14(12-17-20)23(21,22)19-10-8-18(9-11-19)15-6-4-5-7-16-15/h4-7,12H,3,8-11H2,1-2H3. The highest BCUT2D eigenvalue weighted by Gasteiger charge is 2.31. The van der Waals surface area contributed by atoms with Gasteiger partial charge in [-0.1, -0.05) is 6.07 Å². The minimum Gasteiger partial charge on any atom is -0.354 e. The Balaban J connectivity index is 1.75. The molecule has 0 amide bonds. The molecule has 1 aliphatic heterocycles. The lowest BCUT2D eigenvalue weighted by molar-refractivity contribution is 0.383. The van der Waals surface area contributed by atoms with Crippen LogP contribution in [0.5, 0.6) is 0 Å². The van der Waals surface area contributed by atoms with E-state index >= 15 is 0 Å². The van der Waals surface area contributed by atoms with Crippen molar-refractivity contribution in [3.05, 3.63) is 36.3 Å². The minimum atomic E-state index is -3.48. The topological polar surface area (TPSA) is 71.3 Å². The van der Waals surface area contributed by atoms with Gasteiger partial charge in [-0.15, -0.1) is 0 Å². The number of anilines is 1. The third kappa shape index (κ3) is 2.96. The number of aryl methyl sites for hydroxylation is 1. The van der Waals surface area contributed by atoms with E-state index in [4.69, 9.17) is 0 Å². The van der Waals surface area contributed by atoms with Gasteiger partial charge in [0.05, 0.1) is 11.9 Å². The molecule has 2 aromatic rings. The molecule has 0 unspecified atom stereocenters. The zero-order valence-corrected chi connectivity index (χ0v) is 14.2. The molecule has 8 heteroatoms. The van der Waals surface area contributed by atoms with Gasteiger partial charge in [0.15, 0.2) is 0 Å². The third-order valence-electron chi connectivity index (χ3n) is 4.19. The van der Waals surface area contributed by atoms with E-state index in [1.807, 2.05) is 25.1 Å². The van der Waals surface area contributed by atoms with Crippen LogP contribution in [0.15, 0.2) is 35.5 Å². The van der Waals surface area contributed by atoms with Crippen molar-refractivity contribution in [2.24, 2.45) is 0 Å². The van der Waals surface area contributed by atoms with Crippen molar-refractivity contribution in [3.63, 3.8) is 0 Å². The van der Waals surface area contributed by atoms with Crippen LogP contribution >= 0.6 is 0 Å². The van der Waals surface area contributed by atoms with E-state index in [2.05, 4.69) is 15.0 Å². The number of pyridine rings is 1. The first-order valence-electron chi connectivity index (χ1n) is 7.72. The van der Waals surface area contributed by atoms with Crippen LogP contribution in [0.25, 0.3) is 0 Å². The van der Waals surface area contributed by atoms with E-state index in [1.54, 1.807) is 17.8 Å². The first-order valence-corrected chi connectivity index (χ1v) is 9.16. The molecule has 2 aromatic heterocycles. The maximum Gasteiger partial charge on any atom is 0.246 e. The highest BCUT2D eigenvalue weighted by molar-refractivity contribution is 7.89. The summed E-state index contributed by atoms with van der Waals surface area (Å²) in [6, 6.07) is 5.76. The molecule has 0 aromatic carbocycles. The van der Waals surface area contributed by atoms with Crippen LogP contribution < -0.4 is 4.90 Å². The molecule has 1 saturated heterocycles. The van der Waals surface area contributed by atoms with Crippen molar-refractivity contribution < 1.29 is 8.42 Å². The molecule has 3 rings (SSSR count). The lowest BCUT2D eigenvalue weighted by Gasteiger charge is -2.34. The molecule has 0 N–H and O–H groups in total. The minimum absolute atomic E-state index is 0.311. The third-order valence-corrected chi connectivity index (χ3v) is 6.19. The number of sulfonamides is 1. The van der Waals surface area contributed by atoms with Crippen molar-refractivity contribution in [3.8, 4) is 0 Å². The first kappa shape index (κ1) is 15.9.